The van der Waals surface area contributed by atoms with Gasteiger partial charge in [0, 0.05) is 36.0 Å². The molecule has 5 aromatic rings. The van der Waals surface area contributed by atoms with E-state index in [4.69, 9.17) is 9.98 Å². The Bertz CT molecular complexity index is 2380. The smallest absolute Gasteiger partial charge is 0.230 e. The van der Waals surface area contributed by atoms with Crippen molar-refractivity contribution in [2.45, 2.75) is 60.3 Å². The lowest BCUT2D eigenvalue weighted by Gasteiger charge is -2.08. The summed E-state index contributed by atoms with van der Waals surface area (Å²) in [6.07, 6.45) is 1.90. The lowest BCUT2D eigenvalue weighted by molar-refractivity contribution is -0.117. The lowest BCUT2D eigenvalue weighted by atomic mass is 9.99. The van der Waals surface area contributed by atoms with Crippen molar-refractivity contribution in [2.24, 2.45) is 9.98 Å². The zero-order valence-electron chi connectivity index (χ0n) is 30.4. The van der Waals surface area contributed by atoms with Crippen LogP contribution in [0, 0.1) is 51.4 Å². The Balaban J connectivity index is 0.000000181. The van der Waals surface area contributed by atoms with Gasteiger partial charge in [-0.25, -0.2) is 0 Å². The molecule has 0 saturated heterocycles. The largest absolute Gasteiger partial charge is 0.324 e. The fourth-order valence-electron chi connectivity index (χ4n) is 6.02. The van der Waals surface area contributed by atoms with Crippen molar-refractivity contribution in [1.29, 1.82) is 0 Å². The summed E-state index contributed by atoms with van der Waals surface area (Å²) in [5, 5.41) is 2.97. The van der Waals surface area contributed by atoms with Crippen LogP contribution >= 0.6 is 0 Å². The fourth-order valence-corrected chi connectivity index (χ4v) is 6.02. The average molecular weight is 680 g/mol. The fraction of sp³-hybridized carbons (Fsp3) is 0.191. The van der Waals surface area contributed by atoms with Crippen molar-refractivity contribution < 1.29 is 9.59 Å². The molecule has 0 saturated carbocycles. The molecule has 256 valence electrons. The van der Waals surface area contributed by atoms with E-state index < -0.39 is 0 Å². The molecule has 0 aromatic heterocycles. The summed E-state index contributed by atoms with van der Waals surface area (Å²) in [4.78, 5) is 34.4. The van der Waals surface area contributed by atoms with E-state index in [1.165, 1.54) is 11.1 Å². The summed E-state index contributed by atoms with van der Waals surface area (Å²) >= 11 is 0. The van der Waals surface area contributed by atoms with Crippen LogP contribution in [0.3, 0.4) is 0 Å². The number of Topliss-reactive ketones (excluding diaryl/α,β-unsaturated/α-hetero) is 1. The summed E-state index contributed by atoms with van der Waals surface area (Å²) in [6, 6.07) is 34.0. The summed E-state index contributed by atoms with van der Waals surface area (Å²) in [5.74, 6) is 12.8. The van der Waals surface area contributed by atoms with Crippen molar-refractivity contribution in [1.82, 2.24) is 0 Å². The zero-order chi connectivity index (χ0) is 36.6. The first-order chi connectivity index (χ1) is 25.1. The molecule has 2 aliphatic heterocycles. The quantitative estimate of drug-likeness (QED) is 0.189. The van der Waals surface area contributed by atoms with Gasteiger partial charge in [-0.1, -0.05) is 79.1 Å². The first kappa shape index (κ1) is 35.5. The minimum absolute atomic E-state index is 0.0541. The van der Waals surface area contributed by atoms with Gasteiger partial charge >= 0.3 is 0 Å². The van der Waals surface area contributed by atoms with E-state index in [9.17, 15) is 9.59 Å². The second kappa shape index (κ2) is 16.2. The molecular weight excluding hydrogens is 639 g/mol. The number of aliphatic imine (C=N–C) groups is 2. The third kappa shape index (κ3) is 8.88. The minimum Gasteiger partial charge on any atom is -0.324 e. The lowest BCUT2D eigenvalue weighted by Crippen LogP contribution is -2.15. The van der Waals surface area contributed by atoms with Gasteiger partial charge in [0.05, 0.1) is 34.9 Å². The second-order valence-corrected chi connectivity index (χ2v) is 13.2. The van der Waals surface area contributed by atoms with Crippen LogP contribution in [0.1, 0.15) is 81.8 Å². The number of nitrogens with one attached hydrogen (secondary N) is 1. The maximum Gasteiger partial charge on any atom is 0.230 e. The molecule has 52 heavy (non-hydrogen) atoms. The van der Waals surface area contributed by atoms with E-state index in [2.05, 4.69) is 61.9 Å². The molecule has 5 aromatic carbocycles. The highest BCUT2D eigenvalue weighted by molar-refractivity contribution is 6.17. The van der Waals surface area contributed by atoms with Crippen LogP contribution in [0.2, 0.25) is 0 Å². The molecule has 0 bridgehead atoms. The Morgan fingerprint density at radius 2 is 1.13 bits per heavy atom. The molecule has 5 nitrogen and oxygen atoms in total. The Morgan fingerprint density at radius 1 is 0.577 bits per heavy atom. The number of aryl methyl sites for hydroxylation is 4. The van der Waals surface area contributed by atoms with Crippen LogP contribution in [0.25, 0.3) is 0 Å². The van der Waals surface area contributed by atoms with Crippen LogP contribution in [0.5, 0.6) is 0 Å². The van der Waals surface area contributed by atoms with Gasteiger partial charge in [0.1, 0.15) is 5.78 Å². The molecule has 1 amide bonds. The highest BCUT2D eigenvalue weighted by atomic mass is 16.1. The third-order valence-electron chi connectivity index (χ3n) is 9.10. The number of ketones is 1. The highest BCUT2D eigenvalue weighted by Crippen LogP contribution is 2.32. The number of fused-ring (bicyclic) bond motifs is 2. The van der Waals surface area contributed by atoms with Gasteiger partial charge in [0.15, 0.2) is 0 Å². The molecule has 0 radical (unpaired) electrons. The predicted molar refractivity (Wildman–Crippen MR) is 213 cm³/mol. The molecule has 0 spiro atoms. The number of hydrogen-bond acceptors (Lipinski definition) is 4. The van der Waals surface area contributed by atoms with Gasteiger partial charge in [0.25, 0.3) is 0 Å². The zero-order valence-corrected chi connectivity index (χ0v) is 30.4. The number of anilines is 1. The van der Waals surface area contributed by atoms with E-state index in [1.54, 1.807) is 0 Å². The maximum atomic E-state index is 12.4. The first-order valence-electron chi connectivity index (χ1n) is 17.6. The number of benzene rings is 5. The summed E-state index contributed by atoms with van der Waals surface area (Å²) < 4.78 is 0. The molecule has 2 aliphatic rings. The van der Waals surface area contributed by atoms with Crippen LogP contribution in [0.4, 0.5) is 17.1 Å². The molecule has 0 aliphatic carbocycles. The third-order valence-corrected chi connectivity index (χ3v) is 9.10. The summed E-state index contributed by atoms with van der Waals surface area (Å²) in [6.45, 7) is 10.3. The topological polar surface area (TPSA) is 70.9 Å². The predicted octanol–water partition coefficient (Wildman–Crippen LogP) is 9.87. The normalized spacial score (nSPS) is 13.1. The van der Waals surface area contributed by atoms with Gasteiger partial charge in [-0.15, -0.1) is 0 Å². The van der Waals surface area contributed by atoms with Crippen molar-refractivity contribution in [3.63, 3.8) is 0 Å². The van der Waals surface area contributed by atoms with Gasteiger partial charge in [-0.3, -0.25) is 19.6 Å². The van der Waals surface area contributed by atoms with Gasteiger partial charge in [-0.2, -0.15) is 0 Å². The Hall–Kier alpha value is -6.30. The Labute approximate surface area is 307 Å². The highest BCUT2D eigenvalue weighted by Gasteiger charge is 2.20. The van der Waals surface area contributed by atoms with Crippen LogP contribution in [-0.4, -0.2) is 23.1 Å². The number of rotatable bonds is 2. The number of hydrogen-bond donors (Lipinski definition) is 1. The van der Waals surface area contributed by atoms with E-state index in [-0.39, 0.29) is 18.1 Å². The van der Waals surface area contributed by atoms with Gasteiger partial charge in [-0.05, 0) is 121 Å². The molecule has 5 heteroatoms. The van der Waals surface area contributed by atoms with E-state index >= 15 is 0 Å². The number of nitrogens with zero attached hydrogens (tertiary/aromatic N) is 2. The first-order valence-corrected chi connectivity index (χ1v) is 17.6. The molecule has 1 N–H and O–H groups in total. The Morgan fingerprint density at radius 3 is 1.83 bits per heavy atom. The van der Waals surface area contributed by atoms with Crippen LogP contribution in [-0.2, 0) is 16.0 Å². The summed E-state index contributed by atoms with van der Waals surface area (Å²) in [7, 11) is 0. The van der Waals surface area contributed by atoms with Crippen molar-refractivity contribution >= 4 is 40.2 Å². The SMILES string of the molecule is CCC#Cc1cccc(C2=Nc3cc(C)c(C)cc3CC(=O)C2)c1.Cc1cc2c(cc1C)NC(=O)CC(c1cccc(C#Cc3ccccc3)c1)=N2. The van der Waals surface area contributed by atoms with E-state index in [0.29, 0.717) is 12.8 Å². The van der Waals surface area contributed by atoms with Gasteiger partial charge < -0.3 is 5.32 Å². The number of carbonyl (C=O) groups is 2. The standard InChI is InChI=1S/C25H20N2O.C22H21NO/c1-17-13-23-24(14-18(17)2)27-25(28)16-22(26-23)21-10-6-9-20(15-21)12-11-19-7-4-3-5-8-19;1-4-5-7-17-8-6-9-18(12-17)22-14-20(24)13-19-10-15(2)16(3)11-21(19)23-22/h3-10,13-15H,16H2,1-2H3,(H,27,28);6,8-12H,4,13-14H2,1-3H3. The summed E-state index contributed by atoms with van der Waals surface area (Å²) in [5.41, 5.74) is 14.5. The molecule has 7 rings (SSSR count). The molecular formula is C47H41N3O2. The molecule has 2 heterocycles. The Kier molecular flexibility index (Phi) is 11.0. The number of carbonyl (C=O) groups excluding carboxylic acids is 2. The van der Waals surface area contributed by atoms with Crippen LogP contribution in [0.15, 0.2) is 113 Å². The molecule has 0 unspecified atom stereocenters. The van der Waals surface area contributed by atoms with Crippen molar-refractivity contribution in [2.75, 3.05) is 5.32 Å². The molecule has 0 fully saturated rings. The monoisotopic (exact) mass is 679 g/mol. The second-order valence-electron chi connectivity index (χ2n) is 13.2. The molecule has 0 atom stereocenters. The maximum absolute atomic E-state index is 12.4. The van der Waals surface area contributed by atoms with E-state index in [1.807, 2.05) is 105 Å². The van der Waals surface area contributed by atoms with Crippen molar-refractivity contribution in [3.8, 4) is 23.7 Å². The number of amides is 1. The minimum atomic E-state index is -0.0541. The van der Waals surface area contributed by atoms with Gasteiger partial charge in [0.2, 0.25) is 5.91 Å². The van der Waals surface area contributed by atoms with Crippen molar-refractivity contribution in [3.05, 3.63) is 159 Å². The van der Waals surface area contributed by atoms with Crippen LogP contribution < -0.4 is 5.32 Å². The van der Waals surface area contributed by atoms with E-state index in [0.717, 1.165) is 79.4 Å². The average Bonchev–Trinajstić information content (AvgIpc) is 3.40.